The first-order chi connectivity index (χ1) is 24.9. The summed E-state index contributed by atoms with van der Waals surface area (Å²) in [5, 5.41) is 23.9. The van der Waals surface area contributed by atoms with Crippen molar-refractivity contribution in [2.45, 2.75) is 70.3 Å². The van der Waals surface area contributed by atoms with Crippen LogP contribution in [0.3, 0.4) is 0 Å². The molecule has 52 heavy (non-hydrogen) atoms. The van der Waals surface area contributed by atoms with Crippen molar-refractivity contribution in [2.24, 2.45) is 0 Å². The van der Waals surface area contributed by atoms with Crippen LogP contribution in [0.5, 0.6) is 0 Å². The van der Waals surface area contributed by atoms with Crippen LogP contribution in [0.4, 0.5) is 0 Å². The lowest BCUT2D eigenvalue weighted by atomic mass is 9.93. The average Bonchev–Trinajstić information content (AvgIpc) is 3.13. The molecule has 0 aliphatic rings. The molecule has 3 atom stereocenters. The lowest BCUT2D eigenvalue weighted by molar-refractivity contribution is -0.129. The molecule has 0 aliphatic heterocycles. The first-order valence-electron chi connectivity index (χ1n) is 17.2. The highest BCUT2D eigenvalue weighted by atomic mass is 16.3. The highest BCUT2D eigenvalue weighted by Crippen LogP contribution is 2.17. The number of benzene rings is 3. The molecular weight excluding hydrogens is 656 g/mol. The summed E-state index contributed by atoms with van der Waals surface area (Å²) in [5.74, 6) is -2.07. The van der Waals surface area contributed by atoms with E-state index < -0.39 is 41.4 Å². The largest absolute Gasteiger partial charge is 0.391 e. The smallest absolute Gasteiger partial charge is 0.270 e. The quantitative estimate of drug-likeness (QED) is 0.115. The normalized spacial score (nSPS) is 13.0. The van der Waals surface area contributed by atoms with Gasteiger partial charge in [-0.05, 0) is 68.7 Å². The Hall–Kier alpha value is -5.94. The summed E-state index contributed by atoms with van der Waals surface area (Å²) >= 11 is 0. The minimum Gasteiger partial charge on any atom is -0.391 e. The number of fused-ring (bicyclic) bond motifs is 1. The maximum absolute atomic E-state index is 14.1. The number of carbonyl (C=O) groups is 4. The molecule has 5 N–H and O–H groups in total. The first-order valence-corrected chi connectivity index (χ1v) is 17.2. The number of rotatable bonds is 14. The van der Waals surface area contributed by atoms with Gasteiger partial charge in [0.05, 0.1) is 36.3 Å². The van der Waals surface area contributed by atoms with Crippen molar-refractivity contribution in [1.82, 2.24) is 31.2 Å². The molecule has 268 valence electrons. The van der Waals surface area contributed by atoms with Gasteiger partial charge in [-0.2, -0.15) is 0 Å². The van der Waals surface area contributed by atoms with Gasteiger partial charge in [0.15, 0.2) is 0 Å². The van der Waals surface area contributed by atoms with Crippen LogP contribution in [-0.2, 0) is 29.0 Å². The number of aromatic nitrogens is 2. The van der Waals surface area contributed by atoms with Gasteiger partial charge in [-0.1, -0.05) is 78.9 Å². The molecular formula is C41H44N6O5. The maximum Gasteiger partial charge on any atom is 0.270 e. The fourth-order valence-corrected chi connectivity index (χ4v) is 5.71. The number of carbonyl (C=O) groups excluding carboxylic acids is 4. The second-order valence-corrected chi connectivity index (χ2v) is 13.7. The molecule has 11 nitrogen and oxygen atoms in total. The number of nitrogens with zero attached hydrogens (tertiary/aromatic N) is 2. The SMILES string of the molecule is CC(C)(C)NC(=O)c1ccccc1C[C@@H](O)[C@H](Cc1ccccc1)NC(=O)[C@H](CC(=O)NCc1ccccn1)NC(=O)c1ccc2ccccc2n1. The zero-order valence-electron chi connectivity index (χ0n) is 29.5. The Labute approximate surface area is 303 Å². The number of aliphatic hydroxyl groups is 1. The molecule has 0 bridgehead atoms. The molecule has 0 fully saturated rings. The Morgan fingerprint density at radius 1 is 0.750 bits per heavy atom. The Morgan fingerprint density at radius 3 is 2.21 bits per heavy atom. The van der Waals surface area contributed by atoms with E-state index in [1.54, 1.807) is 66.9 Å². The zero-order valence-corrected chi connectivity index (χ0v) is 29.5. The van der Waals surface area contributed by atoms with Gasteiger partial charge < -0.3 is 26.4 Å². The number of amides is 4. The maximum atomic E-state index is 14.1. The van der Waals surface area contributed by atoms with E-state index in [1.807, 2.05) is 69.3 Å². The zero-order chi connectivity index (χ0) is 37.1. The summed E-state index contributed by atoms with van der Waals surface area (Å²) in [4.78, 5) is 62.7. The standard InChI is InChI=1S/C41H44N6O5/c1-41(2,3)47-38(50)31-18-9-7-16-29(31)24-36(48)34(23-27-13-5-4-6-14-27)45-40(52)35(25-37(49)43-26-30-17-11-12-22-42-30)46-39(51)33-21-20-28-15-8-10-19-32(28)44-33/h4-22,34-36,48H,23-26H2,1-3H3,(H,43,49)(H,45,52)(H,46,51)(H,47,50)/t34-,35-,36+/m0/s1. The fourth-order valence-electron chi connectivity index (χ4n) is 5.71. The van der Waals surface area contributed by atoms with E-state index in [0.717, 1.165) is 10.9 Å². The van der Waals surface area contributed by atoms with Gasteiger partial charge in [0.25, 0.3) is 11.8 Å². The first kappa shape index (κ1) is 37.3. The molecule has 5 rings (SSSR count). The van der Waals surface area contributed by atoms with Crippen LogP contribution in [-0.4, -0.2) is 62.4 Å². The van der Waals surface area contributed by atoms with Gasteiger partial charge in [-0.15, -0.1) is 0 Å². The van der Waals surface area contributed by atoms with Gasteiger partial charge in [0, 0.05) is 29.1 Å². The second kappa shape index (κ2) is 17.3. The molecule has 0 saturated heterocycles. The third-order valence-electron chi connectivity index (χ3n) is 8.31. The van der Waals surface area contributed by atoms with Gasteiger partial charge in [-0.25, -0.2) is 4.98 Å². The summed E-state index contributed by atoms with van der Waals surface area (Å²) in [6, 6.07) is 30.2. The molecule has 0 unspecified atom stereocenters. The molecule has 11 heteroatoms. The van der Waals surface area contributed by atoms with Crippen molar-refractivity contribution < 1.29 is 24.3 Å². The summed E-state index contributed by atoms with van der Waals surface area (Å²) < 4.78 is 0. The monoisotopic (exact) mass is 700 g/mol. The number of nitrogens with one attached hydrogen (secondary N) is 4. The van der Waals surface area contributed by atoms with E-state index in [2.05, 4.69) is 31.2 Å². The topological polar surface area (TPSA) is 162 Å². The Balaban J connectivity index is 1.39. The molecule has 0 spiro atoms. The Morgan fingerprint density at radius 2 is 1.46 bits per heavy atom. The highest BCUT2D eigenvalue weighted by molar-refractivity contribution is 5.99. The van der Waals surface area contributed by atoms with Gasteiger partial charge >= 0.3 is 0 Å². The molecule has 5 aromatic rings. The van der Waals surface area contributed by atoms with Crippen molar-refractivity contribution in [1.29, 1.82) is 0 Å². The Bertz CT molecular complexity index is 2000. The number of aliphatic hydroxyl groups excluding tert-OH is 1. The predicted molar refractivity (Wildman–Crippen MR) is 199 cm³/mol. The van der Waals surface area contributed by atoms with Crippen molar-refractivity contribution in [3.8, 4) is 0 Å². The molecule has 0 aliphatic carbocycles. The summed E-state index contributed by atoms with van der Waals surface area (Å²) in [6.45, 7) is 5.79. The minimum atomic E-state index is -1.32. The van der Waals surface area contributed by atoms with E-state index in [1.165, 1.54) is 0 Å². The van der Waals surface area contributed by atoms with Crippen molar-refractivity contribution >= 4 is 34.5 Å². The van der Waals surface area contributed by atoms with E-state index in [4.69, 9.17) is 0 Å². The van der Waals surface area contributed by atoms with Crippen LogP contribution in [0, 0.1) is 0 Å². The van der Waals surface area contributed by atoms with Gasteiger partial charge in [0.2, 0.25) is 11.8 Å². The molecule has 3 aromatic carbocycles. The lowest BCUT2D eigenvalue weighted by Gasteiger charge is -2.28. The number of pyridine rings is 2. The lowest BCUT2D eigenvalue weighted by Crippen LogP contribution is -2.54. The fraction of sp³-hybridized carbons (Fsp3) is 0.268. The summed E-state index contributed by atoms with van der Waals surface area (Å²) in [5.41, 5.74) is 2.70. The van der Waals surface area contributed by atoms with Crippen LogP contribution in [0.15, 0.2) is 115 Å². The third kappa shape index (κ3) is 10.8. The van der Waals surface area contributed by atoms with Crippen LogP contribution < -0.4 is 21.3 Å². The number of hydrogen-bond donors (Lipinski definition) is 5. The molecule has 0 radical (unpaired) electrons. The van der Waals surface area contributed by atoms with E-state index in [-0.39, 0.29) is 37.4 Å². The summed E-state index contributed by atoms with van der Waals surface area (Å²) in [6.07, 6.45) is 0.366. The van der Waals surface area contributed by atoms with Crippen LogP contribution in [0.2, 0.25) is 0 Å². The van der Waals surface area contributed by atoms with E-state index in [9.17, 15) is 24.3 Å². The van der Waals surface area contributed by atoms with E-state index in [0.29, 0.717) is 22.3 Å². The molecule has 2 aromatic heterocycles. The number of para-hydroxylation sites is 1. The van der Waals surface area contributed by atoms with Crippen molar-refractivity contribution in [3.63, 3.8) is 0 Å². The van der Waals surface area contributed by atoms with Crippen molar-refractivity contribution in [3.05, 3.63) is 143 Å². The highest BCUT2D eigenvalue weighted by Gasteiger charge is 2.30. The Kier molecular flexibility index (Phi) is 12.4. The molecule has 2 heterocycles. The van der Waals surface area contributed by atoms with Crippen LogP contribution in [0.25, 0.3) is 10.9 Å². The number of hydrogen-bond acceptors (Lipinski definition) is 7. The molecule has 4 amide bonds. The van der Waals surface area contributed by atoms with Gasteiger partial charge in [0.1, 0.15) is 11.7 Å². The van der Waals surface area contributed by atoms with Crippen molar-refractivity contribution in [2.75, 3.05) is 0 Å². The minimum absolute atomic E-state index is 0.0497. The third-order valence-corrected chi connectivity index (χ3v) is 8.31. The van der Waals surface area contributed by atoms with Gasteiger partial charge in [-0.3, -0.25) is 24.2 Å². The molecule has 0 saturated carbocycles. The predicted octanol–water partition coefficient (Wildman–Crippen LogP) is 4.29. The van der Waals surface area contributed by atoms with Crippen LogP contribution in [0.1, 0.15) is 64.9 Å². The second-order valence-electron chi connectivity index (χ2n) is 13.7. The van der Waals surface area contributed by atoms with Crippen LogP contribution >= 0.6 is 0 Å². The summed E-state index contributed by atoms with van der Waals surface area (Å²) in [7, 11) is 0. The average molecular weight is 701 g/mol. The van der Waals surface area contributed by atoms with E-state index >= 15 is 0 Å².